The molecule has 0 radical (unpaired) electrons. The van der Waals surface area contributed by atoms with E-state index in [1.54, 1.807) is 12.2 Å². The van der Waals surface area contributed by atoms with E-state index in [1.165, 1.54) is 0 Å². The summed E-state index contributed by atoms with van der Waals surface area (Å²) in [6.07, 6.45) is 6.06. The fraction of sp³-hybridized carbons (Fsp3) is 0.680. The van der Waals surface area contributed by atoms with Crippen LogP contribution in [0.15, 0.2) is 23.8 Å². The summed E-state index contributed by atoms with van der Waals surface area (Å²) in [5, 5.41) is 11.0. The Morgan fingerprint density at radius 3 is 2.07 bits per heavy atom. The average Bonchev–Trinajstić information content (AvgIpc) is 2.78. The van der Waals surface area contributed by atoms with E-state index in [0.717, 1.165) is 54.7 Å². The normalized spacial score (nSPS) is 27.2. The van der Waals surface area contributed by atoms with Gasteiger partial charge in [-0.1, -0.05) is 71.3 Å². The molecule has 30 heavy (non-hydrogen) atoms. The van der Waals surface area contributed by atoms with E-state index < -0.39 is 28.3 Å². The first-order valence-electron chi connectivity index (χ1n) is 11.8. The van der Waals surface area contributed by atoms with Gasteiger partial charge >= 0.3 is 0 Å². The van der Waals surface area contributed by atoms with Gasteiger partial charge in [-0.25, -0.2) is 0 Å². The van der Waals surface area contributed by atoms with Crippen LogP contribution in [0.5, 0.6) is 0 Å². The second-order valence-corrected chi connectivity index (χ2v) is 17.9. The SMILES string of the molecule is CC[Si](CC)(CC)O[C@@H]1C2=CCC[C@@]1(O[Si](CC)(CC)CC)C#C/C=C\C#C[C@H]2O. The van der Waals surface area contributed by atoms with Crippen LogP contribution in [0.1, 0.15) is 54.4 Å². The van der Waals surface area contributed by atoms with E-state index in [0.29, 0.717) is 0 Å². The summed E-state index contributed by atoms with van der Waals surface area (Å²) < 4.78 is 14.3. The highest BCUT2D eigenvalue weighted by Crippen LogP contribution is 2.42. The van der Waals surface area contributed by atoms with Crippen LogP contribution < -0.4 is 0 Å². The quantitative estimate of drug-likeness (QED) is 0.263. The van der Waals surface area contributed by atoms with Crippen LogP contribution in [0.3, 0.4) is 0 Å². The third-order valence-electron chi connectivity index (χ3n) is 7.32. The van der Waals surface area contributed by atoms with E-state index >= 15 is 0 Å². The highest BCUT2D eigenvalue weighted by Gasteiger charge is 2.51. The molecule has 0 aromatic heterocycles. The molecule has 0 saturated heterocycles. The van der Waals surface area contributed by atoms with Crippen molar-refractivity contribution in [2.45, 2.75) is 108 Å². The Bertz CT molecular complexity index is 740. The minimum Gasteiger partial charge on any atom is -0.406 e. The number of hydrogen-bond donors (Lipinski definition) is 1. The number of allylic oxidation sites excluding steroid dienone is 3. The molecular formula is C25H40O3Si2. The van der Waals surface area contributed by atoms with Crippen LogP contribution >= 0.6 is 0 Å². The summed E-state index contributed by atoms with van der Waals surface area (Å²) >= 11 is 0. The molecule has 5 heteroatoms. The number of fused-ring (bicyclic) bond motifs is 2. The van der Waals surface area contributed by atoms with Crippen molar-refractivity contribution in [1.82, 2.24) is 0 Å². The fourth-order valence-corrected chi connectivity index (χ4v) is 10.5. The van der Waals surface area contributed by atoms with Gasteiger partial charge in [0.2, 0.25) is 0 Å². The Morgan fingerprint density at radius 1 is 0.933 bits per heavy atom. The molecule has 0 aromatic carbocycles. The summed E-state index contributed by atoms with van der Waals surface area (Å²) in [4.78, 5) is 0. The molecule has 0 aromatic rings. The van der Waals surface area contributed by atoms with Gasteiger partial charge in [-0.15, -0.1) is 0 Å². The molecule has 0 unspecified atom stereocenters. The Hall–Kier alpha value is -1.09. The first-order chi connectivity index (χ1) is 14.4. The lowest BCUT2D eigenvalue weighted by Gasteiger charge is -2.49. The molecule has 166 valence electrons. The lowest BCUT2D eigenvalue weighted by molar-refractivity contribution is -0.0118. The van der Waals surface area contributed by atoms with Crippen LogP contribution in [0, 0.1) is 23.7 Å². The first-order valence-corrected chi connectivity index (χ1v) is 16.9. The molecule has 2 aliphatic rings. The summed E-state index contributed by atoms with van der Waals surface area (Å²) in [6, 6.07) is 6.33. The molecule has 0 aliphatic heterocycles. The van der Waals surface area contributed by atoms with Crippen molar-refractivity contribution in [3.63, 3.8) is 0 Å². The molecule has 2 bridgehead atoms. The summed E-state index contributed by atoms with van der Waals surface area (Å²) in [5.41, 5.74) is 0.150. The molecule has 1 N–H and O–H groups in total. The highest BCUT2D eigenvalue weighted by atomic mass is 28.4. The summed E-state index contributed by atoms with van der Waals surface area (Å²) in [6.45, 7) is 13.5. The van der Waals surface area contributed by atoms with Gasteiger partial charge in [0.15, 0.2) is 16.6 Å². The van der Waals surface area contributed by atoms with Crippen LogP contribution in [0.2, 0.25) is 36.3 Å². The molecule has 3 atom stereocenters. The van der Waals surface area contributed by atoms with Crippen LogP contribution in [-0.4, -0.2) is 39.6 Å². The third kappa shape index (κ3) is 5.21. The van der Waals surface area contributed by atoms with E-state index in [2.05, 4.69) is 71.3 Å². The van der Waals surface area contributed by atoms with E-state index in [-0.39, 0.29) is 6.10 Å². The lowest BCUT2D eigenvalue weighted by Crippen LogP contribution is -2.59. The Balaban J connectivity index is 2.68. The van der Waals surface area contributed by atoms with E-state index in [9.17, 15) is 5.11 Å². The summed E-state index contributed by atoms with van der Waals surface area (Å²) in [7, 11) is -3.94. The van der Waals surface area contributed by atoms with Gasteiger partial charge in [0, 0.05) is 0 Å². The molecule has 0 spiro atoms. The highest BCUT2D eigenvalue weighted by molar-refractivity contribution is 6.74. The molecule has 0 heterocycles. The zero-order valence-electron chi connectivity index (χ0n) is 19.8. The predicted octanol–water partition coefficient (Wildman–Crippen LogP) is 5.80. The Morgan fingerprint density at radius 2 is 1.50 bits per heavy atom. The van der Waals surface area contributed by atoms with Gasteiger partial charge in [-0.05, 0) is 66.8 Å². The van der Waals surface area contributed by atoms with Gasteiger partial charge < -0.3 is 14.0 Å². The summed E-state index contributed by atoms with van der Waals surface area (Å²) in [5.74, 6) is 12.6. The maximum atomic E-state index is 11.0. The van der Waals surface area contributed by atoms with Crippen LogP contribution in [-0.2, 0) is 8.85 Å². The molecular weight excluding hydrogens is 404 g/mol. The Labute approximate surface area is 186 Å². The minimum atomic E-state index is -1.97. The zero-order valence-corrected chi connectivity index (χ0v) is 21.8. The smallest absolute Gasteiger partial charge is 0.194 e. The Kier molecular flexibility index (Phi) is 9.21. The van der Waals surface area contributed by atoms with Gasteiger partial charge in [0.1, 0.15) is 17.8 Å². The van der Waals surface area contributed by atoms with Crippen molar-refractivity contribution in [2.24, 2.45) is 0 Å². The number of aliphatic hydroxyl groups is 1. The maximum Gasteiger partial charge on any atom is 0.194 e. The predicted molar refractivity (Wildman–Crippen MR) is 131 cm³/mol. The molecule has 0 fully saturated rings. The van der Waals surface area contributed by atoms with Crippen molar-refractivity contribution in [2.75, 3.05) is 0 Å². The fourth-order valence-electron chi connectivity index (χ4n) is 4.70. The maximum absolute atomic E-state index is 11.0. The van der Waals surface area contributed by atoms with Crippen LogP contribution in [0.4, 0.5) is 0 Å². The minimum absolute atomic E-state index is 0.349. The average molecular weight is 445 g/mol. The number of hydrogen-bond acceptors (Lipinski definition) is 3. The topological polar surface area (TPSA) is 38.7 Å². The van der Waals surface area contributed by atoms with Crippen molar-refractivity contribution in [3.8, 4) is 23.7 Å². The number of aliphatic hydroxyl groups excluding tert-OH is 1. The van der Waals surface area contributed by atoms with Crippen LogP contribution in [0.25, 0.3) is 0 Å². The number of rotatable bonds is 10. The zero-order chi connectivity index (χ0) is 22.3. The molecule has 0 amide bonds. The second kappa shape index (κ2) is 11.0. The van der Waals surface area contributed by atoms with Gasteiger partial charge in [-0.2, -0.15) is 0 Å². The standard InChI is InChI=1S/C25H40O3Si2/c1-7-29(8-2,9-3)27-24-22-18-17-21-25(24,28-30(10-4,11-5)12-6)20-16-14-13-15-19-23(22)26/h13-14,18,23-24,26H,7-12,17,21H2,1-6H3/b14-13-/t23-,24-,25+/m1/s1. The van der Waals surface area contributed by atoms with Gasteiger partial charge in [-0.3, -0.25) is 0 Å². The van der Waals surface area contributed by atoms with Crippen molar-refractivity contribution in [3.05, 3.63) is 23.8 Å². The monoisotopic (exact) mass is 444 g/mol. The molecule has 2 rings (SSSR count). The molecule has 2 aliphatic carbocycles. The first kappa shape index (κ1) is 25.2. The van der Waals surface area contributed by atoms with Crippen molar-refractivity contribution >= 4 is 16.6 Å². The second-order valence-electron chi connectivity index (χ2n) is 8.51. The van der Waals surface area contributed by atoms with Crippen molar-refractivity contribution in [1.29, 1.82) is 0 Å². The van der Waals surface area contributed by atoms with Gasteiger partial charge in [0.25, 0.3) is 0 Å². The largest absolute Gasteiger partial charge is 0.406 e. The van der Waals surface area contributed by atoms with E-state index in [1.807, 2.05) is 0 Å². The van der Waals surface area contributed by atoms with Gasteiger partial charge in [0.05, 0.1) is 0 Å². The van der Waals surface area contributed by atoms with E-state index in [4.69, 9.17) is 8.85 Å². The lowest BCUT2D eigenvalue weighted by atomic mass is 9.80. The third-order valence-corrected chi connectivity index (χ3v) is 16.6. The molecule has 0 saturated carbocycles. The van der Waals surface area contributed by atoms with Crippen molar-refractivity contribution < 1.29 is 14.0 Å². The molecule has 3 nitrogen and oxygen atoms in total.